The summed E-state index contributed by atoms with van der Waals surface area (Å²) in [6.45, 7) is 4.18. The van der Waals surface area contributed by atoms with Crippen molar-refractivity contribution in [3.63, 3.8) is 0 Å². The van der Waals surface area contributed by atoms with Crippen LogP contribution in [0.4, 0.5) is 11.4 Å². The highest BCUT2D eigenvalue weighted by atomic mass is 16.5. The molecule has 0 aliphatic carbocycles. The van der Waals surface area contributed by atoms with E-state index in [1.54, 1.807) is 0 Å². The first-order valence-electron chi connectivity index (χ1n) is 8.54. The molecule has 0 aliphatic rings. The predicted octanol–water partition coefficient (Wildman–Crippen LogP) is 5.36. The van der Waals surface area contributed by atoms with E-state index in [1.807, 2.05) is 79.7 Å². The minimum absolute atomic E-state index is 0.0769. The fourth-order valence-electron chi connectivity index (χ4n) is 2.59. The van der Waals surface area contributed by atoms with Crippen LogP contribution < -0.4 is 15.4 Å². The number of carbonyl (C=O) groups is 1. The average Bonchev–Trinajstić information content (AvgIpc) is 2.63. The molecule has 3 rings (SSSR count). The number of ether oxygens (including phenoxy) is 1. The molecule has 0 bridgehead atoms. The Morgan fingerprint density at radius 2 is 1.73 bits per heavy atom. The lowest BCUT2D eigenvalue weighted by Gasteiger charge is -2.14. The number of anilines is 2. The summed E-state index contributed by atoms with van der Waals surface area (Å²) in [5, 5.41) is 6.20. The molecule has 3 aromatic rings. The number of carbonyl (C=O) groups excluding carboxylic acids is 1. The SMILES string of the molecule is CC(=O)Nc1cccc(CNc2ccccc2Oc2ccc(C)cc2)c1. The fraction of sp³-hybridized carbons (Fsp3) is 0.136. The van der Waals surface area contributed by atoms with Crippen molar-refractivity contribution in [2.45, 2.75) is 20.4 Å². The van der Waals surface area contributed by atoms with Crippen molar-refractivity contribution in [2.24, 2.45) is 0 Å². The van der Waals surface area contributed by atoms with Gasteiger partial charge in [0.2, 0.25) is 5.91 Å². The number of hydrogen-bond acceptors (Lipinski definition) is 3. The zero-order chi connectivity index (χ0) is 18.4. The van der Waals surface area contributed by atoms with Crippen LogP contribution in [0.25, 0.3) is 0 Å². The highest BCUT2D eigenvalue weighted by molar-refractivity contribution is 5.88. The maximum Gasteiger partial charge on any atom is 0.221 e. The smallest absolute Gasteiger partial charge is 0.221 e. The van der Waals surface area contributed by atoms with Crippen molar-refractivity contribution < 1.29 is 9.53 Å². The van der Waals surface area contributed by atoms with Gasteiger partial charge in [-0.1, -0.05) is 42.0 Å². The van der Waals surface area contributed by atoms with Crippen LogP contribution in [-0.2, 0) is 11.3 Å². The molecule has 0 radical (unpaired) electrons. The van der Waals surface area contributed by atoms with Crippen LogP contribution in [0, 0.1) is 6.92 Å². The predicted molar refractivity (Wildman–Crippen MR) is 106 cm³/mol. The summed E-state index contributed by atoms with van der Waals surface area (Å²) in [5.41, 5.74) is 3.98. The lowest BCUT2D eigenvalue weighted by molar-refractivity contribution is -0.114. The van der Waals surface area contributed by atoms with Gasteiger partial charge in [-0.15, -0.1) is 0 Å². The number of rotatable bonds is 6. The number of amides is 1. The van der Waals surface area contributed by atoms with Crippen molar-refractivity contribution in [1.29, 1.82) is 0 Å². The highest BCUT2D eigenvalue weighted by Crippen LogP contribution is 2.29. The van der Waals surface area contributed by atoms with Gasteiger partial charge in [0.1, 0.15) is 5.75 Å². The third-order valence-corrected chi connectivity index (χ3v) is 3.87. The molecular weight excluding hydrogens is 324 g/mol. The van der Waals surface area contributed by atoms with E-state index in [2.05, 4.69) is 10.6 Å². The lowest BCUT2D eigenvalue weighted by Crippen LogP contribution is -2.07. The number of benzene rings is 3. The topological polar surface area (TPSA) is 50.4 Å². The van der Waals surface area contributed by atoms with Crippen LogP contribution >= 0.6 is 0 Å². The largest absolute Gasteiger partial charge is 0.455 e. The first-order valence-corrected chi connectivity index (χ1v) is 8.54. The van der Waals surface area contributed by atoms with E-state index < -0.39 is 0 Å². The van der Waals surface area contributed by atoms with Crippen molar-refractivity contribution in [3.8, 4) is 11.5 Å². The minimum Gasteiger partial charge on any atom is -0.455 e. The quantitative estimate of drug-likeness (QED) is 0.632. The molecule has 0 saturated heterocycles. The van der Waals surface area contributed by atoms with Gasteiger partial charge < -0.3 is 15.4 Å². The maximum atomic E-state index is 11.2. The van der Waals surface area contributed by atoms with Gasteiger partial charge in [-0.3, -0.25) is 4.79 Å². The average molecular weight is 346 g/mol. The Hall–Kier alpha value is -3.27. The van der Waals surface area contributed by atoms with Gasteiger partial charge in [-0.05, 0) is 48.9 Å². The van der Waals surface area contributed by atoms with Crippen LogP contribution in [0.15, 0.2) is 72.8 Å². The van der Waals surface area contributed by atoms with Crippen LogP contribution in [0.1, 0.15) is 18.1 Å². The van der Waals surface area contributed by atoms with Gasteiger partial charge >= 0.3 is 0 Å². The molecule has 1 amide bonds. The summed E-state index contributed by atoms with van der Waals surface area (Å²) in [6, 6.07) is 23.6. The first-order chi connectivity index (χ1) is 12.6. The Bertz CT molecular complexity index is 889. The molecule has 0 spiro atoms. The van der Waals surface area contributed by atoms with E-state index in [0.29, 0.717) is 6.54 Å². The molecule has 2 N–H and O–H groups in total. The van der Waals surface area contributed by atoms with Crippen molar-refractivity contribution in [3.05, 3.63) is 83.9 Å². The molecule has 26 heavy (non-hydrogen) atoms. The second-order valence-corrected chi connectivity index (χ2v) is 6.15. The van der Waals surface area contributed by atoms with Crippen molar-refractivity contribution in [1.82, 2.24) is 0 Å². The van der Waals surface area contributed by atoms with Crippen molar-refractivity contribution in [2.75, 3.05) is 10.6 Å². The molecule has 0 unspecified atom stereocenters. The summed E-state index contributed by atoms with van der Waals surface area (Å²) in [4.78, 5) is 11.2. The monoisotopic (exact) mass is 346 g/mol. The Morgan fingerprint density at radius 3 is 2.50 bits per heavy atom. The molecule has 0 saturated carbocycles. The van der Waals surface area contributed by atoms with E-state index in [9.17, 15) is 4.79 Å². The molecule has 4 nitrogen and oxygen atoms in total. The van der Waals surface area contributed by atoms with Gasteiger partial charge in [0, 0.05) is 19.2 Å². The van der Waals surface area contributed by atoms with Crippen molar-refractivity contribution >= 4 is 17.3 Å². The summed E-state index contributed by atoms with van der Waals surface area (Å²) < 4.78 is 6.01. The normalized spacial score (nSPS) is 10.2. The van der Waals surface area contributed by atoms with Gasteiger partial charge in [0.05, 0.1) is 5.69 Å². The molecule has 3 aromatic carbocycles. The zero-order valence-electron chi connectivity index (χ0n) is 15.0. The van der Waals surface area contributed by atoms with E-state index in [-0.39, 0.29) is 5.91 Å². The van der Waals surface area contributed by atoms with Crippen LogP contribution in [0.3, 0.4) is 0 Å². The fourth-order valence-corrected chi connectivity index (χ4v) is 2.59. The Kier molecular flexibility index (Phi) is 5.54. The Labute approximate surface area is 153 Å². The number of nitrogens with one attached hydrogen (secondary N) is 2. The second kappa shape index (κ2) is 8.21. The zero-order valence-corrected chi connectivity index (χ0v) is 15.0. The summed E-state index contributed by atoms with van der Waals surface area (Å²) in [6.07, 6.45) is 0. The highest BCUT2D eigenvalue weighted by Gasteiger charge is 2.05. The van der Waals surface area contributed by atoms with Crippen LogP contribution in [0.5, 0.6) is 11.5 Å². The molecule has 0 atom stereocenters. The van der Waals surface area contributed by atoms with Crippen LogP contribution in [0.2, 0.25) is 0 Å². The molecular formula is C22H22N2O2. The standard InChI is InChI=1S/C22H22N2O2/c1-16-10-12-20(13-11-16)26-22-9-4-3-8-21(22)23-15-18-6-5-7-19(14-18)24-17(2)25/h3-14,23H,15H2,1-2H3,(H,24,25). The lowest BCUT2D eigenvalue weighted by atomic mass is 10.2. The molecule has 0 aliphatic heterocycles. The van der Waals surface area contributed by atoms with Gasteiger partial charge in [-0.25, -0.2) is 0 Å². The maximum absolute atomic E-state index is 11.2. The van der Waals surface area contributed by atoms with E-state index in [4.69, 9.17) is 4.74 Å². The van der Waals surface area contributed by atoms with E-state index >= 15 is 0 Å². The molecule has 132 valence electrons. The third-order valence-electron chi connectivity index (χ3n) is 3.87. The number of hydrogen-bond donors (Lipinski definition) is 2. The first kappa shape index (κ1) is 17.5. The van der Waals surface area contributed by atoms with Gasteiger partial charge in [0.25, 0.3) is 0 Å². The number of para-hydroxylation sites is 2. The molecule has 4 heteroatoms. The molecule has 0 fully saturated rings. The summed E-state index contributed by atoms with van der Waals surface area (Å²) >= 11 is 0. The molecule has 0 aromatic heterocycles. The number of aryl methyl sites for hydroxylation is 1. The van der Waals surface area contributed by atoms with Gasteiger partial charge in [-0.2, -0.15) is 0 Å². The van der Waals surface area contributed by atoms with E-state index in [1.165, 1.54) is 12.5 Å². The minimum atomic E-state index is -0.0769. The Morgan fingerprint density at radius 1 is 0.962 bits per heavy atom. The summed E-state index contributed by atoms with van der Waals surface area (Å²) in [5.74, 6) is 1.50. The van der Waals surface area contributed by atoms with Gasteiger partial charge in [0.15, 0.2) is 5.75 Å². The second-order valence-electron chi connectivity index (χ2n) is 6.15. The molecule has 0 heterocycles. The van der Waals surface area contributed by atoms with E-state index in [0.717, 1.165) is 28.4 Å². The third kappa shape index (κ3) is 4.86. The van der Waals surface area contributed by atoms with Crippen LogP contribution in [-0.4, -0.2) is 5.91 Å². The summed E-state index contributed by atoms with van der Waals surface area (Å²) in [7, 11) is 0. The Balaban J connectivity index is 1.70.